The van der Waals surface area contributed by atoms with Crippen LogP contribution in [0.15, 0.2) is 65.6 Å². The number of anilines is 2. The molecule has 3 aromatic rings. The van der Waals surface area contributed by atoms with Crippen molar-refractivity contribution in [2.24, 2.45) is 0 Å². The van der Waals surface area contributed by atoms with Crippen LogP contribution in [0.3, 0.4) is 0 Å². The van der Waals surface area contributed by atoms with Gasteiger partial charge in [-0.25, -0.2) is 0 Å². The van der Waals surface area contributed by atoms with Gasteiger partial charge in [-0.3, -0.25) is 14.5 Å². The molecule has 0 spiro atoms. The highest BCUT2D eigenvalue weighted by molar-refractivity contribution is 7.10. The van der Waals surface area contributed by atoms with Crippen LogP contribution in [0.4, 0.5) is 11.4 Å². The Balaban J connectivity index is 1.63. The summed E-state index contributed by atoms with van der Waals surface area (Å²) in [4.78, 5) is 30.7. The van der Waals surface area contributed by atoms with Crippen molar-refractivity contribution in [1.82, 2.24) is 0 Å². The summed E-state index contributed by atoms with van der Waals surface area (Å²) in [5.41, 5.74) is 3.21. The Bertz CT molecular complexity index is 1250. The number of aryl methyl sites for hydroxylation is 1. The van der Waals surface area contributed by atoms with Crippen molar-refractivity contribution in [2.75, 3.05) is 30.5 Å². The van der Waals surface area contributed by atoms with Crippen molar-refractivity contribution in [3.8, 4) is 5.75 Å². The van der Waals surface area contributed by atoms with Gasteiger partial charge in [-0.05, 0) is 72.3 Å². The molecule has 3 heterocycles. The van der Waals surface area contributed by atoms with Gasteiger partial charge in [0, 0.05) is 35.9 Å². The molecule has 2 aliphatic heterocycles. The number of carbonyl (C=O) groups excluding carboxylic acids is 2. The van der Waals surface area contributed by atoms with Crippen molar-refractivity contribution in [1.29, 1.82) is 0 Å². The lowest BCUT2D eigenvalue weighted by Gasteiger charge is -2.25. The molecule has 2 aromatic carbocycles. The predicted octanol–water partition coefficient (Wildman–Crippen LogP) is 4.77. The van der Waals surface area contributed by atoms with Gasteiger partial charge in [0.05, 0.1) is 12.2 Å². The van der Waals surface area contributed by atoms with E-state index in [1.54, 1.807) is 6.07 Å². The summed E-state index contributed by atoms with van der Waals surface area (Å²) in [6, 6.07) is 16.0. The quantitative estimate of drug-likeness (QED) is 0.345. The first kappa shape index (κ1) is 21.3. The van der Waals surface area contributed by atoms with Gasteiger partial charge >= 0.3 is 0 Å². The average Bonchev–Trinajstić information content (AvgIpc) is 3.45. The Labute approximate surface area is 196 Å². The van der Waals surface area contributed by atoms with E-state index in [9.17, 15) is 14.7 Å². The first-order valence-corrected chi connectivity index (χ1v) is 11.7. The first-order valence-electron chi connectivity index (χ1n) is 10.8. The number of aliphatic hydroxyl groups excluding tert-OH is 1. The number of benzene rings is 2. The first-order chi connectivity index (χ1) is 16.0. The van der Waals surface area contributed by atoms with Crippen LogP contribution < -0.4 is 14.5 Å². The maximum absolute atomic E-state index is 13.2. The SMILES string of the molecule is CN(C)c1ccc(N2C(=O)C(=O)/C(=C(\O)c3ccc4c(c3)CCCO4)C2c2cccs2)cc1. The number of ketones is 1. The van der Waals surface area contributed by atoms with E-state index in [1.807, 2.05) is 72.9 Å². The summed E-state index contributed by atoms with van der Waals surface area (Å²) in [6.45, 7) is 0.675. The Morgan fingerprint density at radius 2 is 1.91 bits per heavy atom. The zero-order chi connectivity index (χ0) is 23.1. The number of Topliss-reactive ketones (excluding diaryl/α,β-unsaturated/α-hetero) is 1. The molecule has 1 unspecified atom stereocenters. The number of amides is 1. The molecule has 0 radical (unpaired) electrons. The summed E-state index contributed by atoms with van der Waals surface area (Å²) in [5, 5.41) is 13.2. The van der Waals surface area contributed by atoms with E-state index >= 15 is 0 Å². The van der Waals surface area contributed by atoms with Crippen molar-refractivity contribution in [2.45, 2.75) is 18.9 Å². The van der Waals surface area contributed by atoms with Gasteiger partial charge in [0.2, 0.25) is 0 Å². The van der Waals surface area contributed by atoms with Crippen molar-refractivity contribution in [3.05, 3.63) is 81.6 Å². The molecule has 1 saturated heterocycles. The summed E-state index contributed by atoms with van der Waals surface area (Å²) in [7, 11) is 3.88. The molecular weight excluding hydrogens is 436 g/mol. The number of hydrogen-bond acceptors (Lipinski definition) is 6. The molecule has 1 atom stereocenters. The summed E-state index contributed by atoms with van der Waals surface area (Å²) in [6.07, 6.45) is 1.75. The maximum atomic E-state index is 13.2. The number of ether oxygens (including phenoxy) is 1. The van der Waals surface area contributed by atoms with Gasteiger partial charge in [0.15, 0.2) is 0 Å². The second-order valence-corrected chi connectivity index (χ2v) is 9.35. The fourth-order valence-corrected chi connectivity index (χ4v) is 5.21. The van der Waals surface area contributed by atoms with Crippen LogP contribution in [0.2, 0.25) is 0 Å². The Morgan fingerprint density at radius 1 is 1.12 bits per heavy atom. The highest BCUT2D eigenvalue weighted by Crippen LogP contribution is 2.44. The fraction of sp³-hybridized carbons (Fsp3) is 0.231. The number of nitrogens with zero attached hydrogens (tertiary/aromatic N) is 2. The lowest BCUT2D eigenvalue weighted by Crippen LogP contribution is -2.29. The van der Waals surface area contributed by atoms with E-state index in [2.05, 4.69) is 0 Å². The molecule has 7 heteroatoms. The van der Waals surface area contributed by atoms with Crippen LogP contribution in [0.5, 0.6) is 5.75 Å². The van der Waals surface area contributed by atoms with Crippen LogP contribution in [0.25, 0.3) is 5.76 Å². The highest BCUT2D eigenvalue weighted by atomic mass is 32.1. The summed E-state index contributed by atoms with van der Waals surface area (Å²) in [5.74, 6) is -0.688. The summed E-state index contributed by atoms with van der Waals surface area (Å²) < 4.78 is 5.67. The van der Waals surface area contributed by atoms with E-state index < -0.39 is 17.7 Å². The molecule has 168 valence electrons. The lowest BCUT2D eigenvalue weighted by molar-refractivity contribution is -0.132. The van der Waals surface area contributed by atoms with E-state index in [0.29, 0.717) is 17.9 Å². The lowest BCUT2D eigenvalue weighted by atomic mass is 9.97. The third-order valence-corrected chi connectivity index (χ3v) is 7.01. The summed E-state index contributed by atoms with van der Waals surface area (Å²) >= 11 is 1.45. The third kappa shape index (κ3) is 3.68. The molecular formula is C26H24N2O4S. The van der Waals surface area contributed by atoms with Crippen molar-refractivity contribution < 1.29 is 19.4 Å². The van der Waals surface area contributed by atoms with Crippen molar-refractivity contribution in [3.63, 3.8) is 0 Å². The predicted molar refractivity (Wildman–Crippen MR) is 130 cm³/mol. The Kier molecular flexibility index (Phi) is 5.42. The molecule has 1 N–H and O–H groups in total. The van der Waals surface area contributed by atoms with Gasteiger partial charge in [0.1, 0.15) is 17.6 Å². The average molecular weight is 461 g/mol. The van der Waals surface area contributed by atoms with E-state index in [4.69, 9.17) is 4.74 Å². The molecule has 2 aliphatic rings. The van der Waals surface area contributed by atoms with Gasteiger partial charge in [0.25, 0.3) is 11.7 Å². The minimum Gasteiger partial charge on any atom is -0.507 e. The van der Waals surface area contributed by atoms with Gasteiger partial charge in [-0.15, -0.1) is 11.3 Å². The minimum absolute atomic E-state index is 0.107. The van der Waals surface area contributed by atoms with E-state index in [-0.39, 0.29) is 11.3 Å². The molecule has 1 fully saturated rings. The van der Waals surface area contributed by atoms with Crippen LogP contribution in [-0.2, 0) is 16.0 Å². The van der Waals surface area contributed by atoms with Crippen LogP contribution in [0, 0.1) is 0 Å². The van der Waals surface area contributed by atoms with Crippen LogP contribution in [-0.4, -0.2) is 37.5 Å². The highest BCUT2D eigenvalue weighted by Gasteiger charge is 2.47. The second kappa shape index (κ2) is 8.41. The van der Waals surface area contributed by atoms with Crippen LogP contribution in [0.1, 0.15) is 28.5 Å². The minimum atomic E-state index is -0.692. The molecule has 0 saturated carbocycles. The number of aliphatic hydroxyl groups is 1. The molecule has 0 aliphatic carbocycles. The fourth-order valence-electron chi connectivity index (χ4n) is 4.39. The smallest absolute Gasteiger partial charge is 0.300 e. The largest absolute Gasteiger partial charge is 0.507 e. The maximum Gasteiger partial charge on any atom is 0.300 e. The zero-order valence-electron chi connectivity index (χ0n) is 18.4. The third-order valence-electron chi connectivity index (χ3n) is 6.08. The number of thiophene rings is 1. The molecule has 33 heavy (non-hydrogen) atoms. The van der Waals surface area contributed by atoms with E-state index in [0.717, 1.165) is 34.7 Å². The van der Waals surface area contributed by atoms with Crippen molar-refractivity contribution >= 4 is 40.2 Å². The van der Waals surface area contributed by atoms with Gasteiger partial charge < -0.3 is 14.7 Å². The molecule has 6 nitrogen and oxygen atoms in total. The number of rotatable bonds is 4. The second-order valence-electron chi connectivity index (χ2n) is 8.37. The number of carbonyl (C=O) groups is 2. The van der Waals surface area contributed by atoms with Gasteiger partial charge in [-0.1, -0.05) is 6.07 Å². The monoisotopic (exact) mass is 460 g/mol. The number of hydrogen-bond donors (Lipinski definition) is 1. The standard InChI is InChI=1S/C26H24N2O4S/c1-27(2)18-8-10-19(11-9-18)28-23(21-6-4-14-33-21)22(25(30)26(28)31)24(29)17-7-12-20-16(15-17)5-3-13-32-20/h4,6-12,14-15,23,29H,3,5,13H2,1-2H3/b24-22-. The zero-order valence-corrected chi connectivity index (χ0v) is 19.3. The van der Waals surface area contributed by atoms with Gasteiger partial charge in [-0.2, -0.15) is 0 Å². The Hall–Kier alpha value is -3.58. The van der Waals surface area contributed by atoms with Crippen LogP contribution >= 0.6 is 11.3 Å². The molecule has 1 aromatic heterocycles. The normalized spacial score (nSPS) is 19.3. The molecule has 0 bridgehead atoms. The Morgan fingerprint density at radius 3 is 2.61 bits per heavy atom. The molecule has 5 rings (SSSR count). The number of fused-ring (bicyclic) bond motifs is 1. The van der Waals surface area contributed by atoms with E-state index in [1.165, 1.54) is 16.2 Å². The topological polar surface area (TPSA) is 70.1 Å². The molecule has 1 amide bonds.